The molecular formula is C20H23ClN4O. The first-order valence-corrected chi connectivity index (χ1v) is 9.55. The summed E-state index contributed by atoms with van der Waals surface area (Å²) in [5.74, 6) is 0.767. The Morgan fingerprint density at radius 3 is 2.65 bits per heavy atom. The molecule has 1 N–H and O–H groups in total. The molecule has 0 spiro atoms. The van der Waals surface area contributed by atoms with E-state index in [4.69, 9.17) is 11.6 Å². The molecule has 2 aromatic rings. The van der Waals surface area contributed by atoms with Gasteiger partial charge >= 0.3 is 0 Å². The minimum Gasteiger partial charge on any atom is -0.369 e. The van der Waals surface area contributed by atoms with E-state index in [1.807, 2.05) is 18.2 Å². The normalized spacial score (nSPS) is 18.0. The minimum atomic E-state index is -0.180. The molecular weight excluding hydrogens is 348 g/mol. The second-order valence-electron chi connectivity index (χ2n) is 7.11. The van der Waals surface area contributed by atoms with Crippen LogP contribution in [0.3, 0.4) is 0 Å². The molecule has 0 radical (unpaired) electrons. The van der Waals surface area contributed by atoms with Crippen molar-refractivity contribution in [3.05, 3.63) is 53.3 Å². The number of nitrogens with zero attached hydrogens (tertiary/aromatic N) is 3. The number of benzene rings is 1. The number of carbonyl (C=O) groups excluding carboxylic acids is 1. The van der Waals surface area contributed by atoms with Crippen LogP contribution in [0.2, 0.25) is 5.15 Å². The van der Waals surface area contributed by atoms with Gasteiger partial charge in [0.15, 0.2) is 0 Å². The van der Waals surface area contributed by atoms with Gasteiger partial charge < -0.3 is 10.2 Å². The van der Waals surface area contributed by atoms with Crippen LogP contribution in [0.15, 0.2) is 42.6 Å². The number of aromatic nitrogens is 1. The van der Waals surface area contributed by atoms with Gasteiger partial charge in [0, 0.05) is 50.3 Å². The topological polar surface area (TPSA) is 48.5 Å². The predicted octanol–water partition coefficient (Wildman–Crippen LogP) is 3.52. The fourth-order valence-electron chi connectivity index (χ4n) is 3.35. The van der Waals surface area contributed by atoms with Crippen molar-refractivity contribution < 1.29 is 4.79 Å². The molecule has 1 saturated carbocycles. The number of piperazine rings is 1. The summed E-state index contributed by atoms with van der Waals surface area (Å²) >= 11 is 5.77. The van der Waals surface area contributed by atoms with Crippen LogP contribution in [-0.2, 0) is 0 Å². The van der Waals surface area contributed by atoms with E-state index in [-0.39, 0.29) is 5.91 Å². The van der Waals surface area contributed by atoms with Gasteiger partial charge in [-0.2, -0.15) is 0 Å². The van der Waals surface area contributed by atoms with E-state index in [0.29, 0.717) is 10.7 Å². The zero-order chi connectivity index (χ0) is 17.9. The first-order chi connectivity index (χ1) is 12.7. The highest BCUT2D eigenvalue weighted by Crippen LogP contribution is 2.30. The lowest BCUT2D eigenvalue weighted by atomic mass is 10.2. The maximum Gasteiger partial charge on any atom is 0.257 e. The number of hydrogen-bond donors (Lipinski definition) is 1. The molecule has 2 fully saturated rings. The molecule has 4 rings (SSSR count). The Labute approximate surface area is 159 Å². The molecule has 1 aromatic heterocycles. The molecule has 0 unspecified atom stereocenters. The van der Waals surface area contributed by atoms with Gasteiger partial charge in [0.2, 0.25) is 0 Å². The molecule has 5 nitrogen and oxygen atoms in total. The highest BCUT2D eigenvalue weighted by Gasteiger charge is 2.26. The van der Waals surface area contributed by atoms with Crippen molar-refractivity contribution in [3.8, 4) is 0 Å². The van der Waals surface area contributed by atoms with Gasteiger partial charge in [-0.25, -0.2) is 4.98 Å². The van der Waals surface area contributed by atoms with Crippen LogP contribution in [0, 0.1) is 5.92 Å². The van der Waals surface area contributed by atoms with E-state index in [2.05, 4.69) is 26.2 Å². The number of hydrogen-bond acceptors (Lipinski definition) is 4. The van der Waals surface area contributed by atoms with Crippen molar-refractivity contribution in [1.82, 2.24) is 9.88 Å². The summed E-state index contributed by atoms with van der Waals surface area (Å²) in [6, 6.07) is 11.3. The SMILES string of the molecule is O=C(Nc1cccc(N2CCN(CC3CC3)CC2)c1)c1ccc(Cl)nc1. The Balaban J connectivity index is 1.37. The lowest BCUT2D eigenvalue weighted by Crippen LogP contribution is -2.47. The third kappa shape index (κ3) is 4.34. The predicted molar refractivity (Wildman–Crippen MR) is 105 cm³/mol. The Morgan fingerprint density at radius 1 is 1.15 bits per heavy atom. The van der Waals surface area contributed by atoms with E-state index in [1.165, 1.54) is 25.6 Å². The first kappa shape index (κ1) is 17.3. The second kappa shape index (κ2) is 7.64. The number of amides is 1. The molecule has 1 aliphatic heterocycles. The van der Waals surface area contributed by atoms with E-state index in [1.54, 1.807) is 12.1 Å². The molecule has 2 heterocycles. The molecule has 136 valence electrons. The smallest absolute Gasteiger partial charge is 0.257 e. The van der Waals surface area contributed by atoms with Crippen LogP contribution in [0.1, 0.15) is 23.2 Å². The summed E-state index contributed by atoms with van der Waals surface area (Å²) in [5.41, 5.74) is 2.44. The average molecular weight is 371 g/mol. The summed E-state index contributed by atoms with van der Waals surface area (Å²) in [5, 5.41) is 3.32. The third-order valence-corrected chi connectivity index (χ3v) is 5.27. The van der Waals surface area contributed by atoms with Crippen molar-refractivity contribution in [1.29, 1.82) is 0 Å². The largest absolute Gasteiger partial charge is 0.369 e. The average Bonchev–Trinajstić information content (AvgIpc) is 3.47. The van der Waals surface area contributed by atoms with Crippen molar-refractivity contribution in [2.45, 2.75) is 12.8 Å². The second-order valence-corrected chi connectivity index (χ2v) is 7.49. The lowest BCUT2D eigenvalue weighted by Gasteiger charge is -2.36. The maximum absolute atomic E-state index is 12.4. The monoisotopic (exact) mass is 370 g/mol. The Morgan fingerprint density at radius 2 is 1.96 bits per heavy atom. The standard InChI is InChI=1S/C20H23ClN4O/c21-19-7-6-16(13-22-19)20(26)23-17-2-1-3-18(12-17)25-10-8-24(9-11-25)14-15-4-5-15/h1-3,6-7,12-13,15H,4-5,8-11,14H2,(H,23,26). The van der Waals surface area contributed by atoms with Gasteiger partial charge in [-0.1, -0.05) is 17.7 Å². The van der Waals surface area contributed by atoms with Gasteiger partial charge in [-0.05, 0) is 49.1 Å². The third-order valence-electron chi connectivity index (χ3n) is 5.04. The molecule has 1 amide bonds. The Hall–Kier alpha value is -2.11. The molecule has 26 heavy (non-hydrogen) atoms. The fourth-order valence-corrected chi connectivity index (χ4v) is 3.46. The Bertz CT molecular complexity index is 768. The van der Waals surface area contributed by atoms with Crippen LogP contribution in [0.4, 0.5) is 11.4 Å². The molecule has 0 bridgehead atoms. The van der Waals surface area contributed by atoms with E-state index >= 15 is 0 Å². The summed E-state index contributed by atoms with van der Waals surface area (Å²) in [7, 11) is 0. The van der Waals surface area contributed by atoms with Crippen molar-refractivity contribution in [2.24, 2.45) is 5.92 Å². The van der Waals surface area contributed by atoms with Gasteiger partial charge in [0.1, 0.15) is 5.15 Å². The highest BCUT2D eigenvalue weighted by molar-refractivity contribution is 6.29. The fraction of sp³-hybridized carbons (Fsp3) is 0.400. The van der Waals surface area contributed by atoms with Crippen molar-refractivity contribution in [3.63, 3.8) is 0 Å². The number of carbonyl (C=O) groups is 1. The van der Waals surface area contributed by atoms with Gasteiger partial charge in [-0.15, -0.1) is 0 Å². The lowest BCUT2D eigenvalue weighted by molar-refractivity contribution is 0.102. The van der Waals surface area contributed by atoms with Gasteiger partial charge in [0.05, 0.1) is 5.56 Å². The van der Waals surface area contributed by atoms with Crippen LogP contribution >= 0.6 is 11.6 Å². The van der Waals surface area contributed by atoms with Crippen LogP contribution < -0.4 is 10.2 Å². The summed E-state index contributed by atoms with van der Waals surface area (Å²) < 4.78 is 0. The number of anilines is 2. The molecule has 6 heteroatoms. The Kier molecular flexibility index (Phi) is 5.09. The summed E-state index contributed by atoms with van der Waals surface area (Å²) in [6.45, 7) is 5.56. The van der Waals surface area contributed by atoms with E-state index < -0.39 is 0 Å². The number of nitrogens with one attached hydrogen (secondary N) is 1. The van der Waals surface area contributed by atoms with Crippen molar-refractivity contribution in [2.75, 3.05) is 42.9 Å². The molecule has 0 atom stereocenters. The van der Waals surface area contributed by atoms with Crippen LogP contribution in [-0.4, -0.2) is 48.5 Å². The highest BCUT2D eigenvalue weighted by atomic mass is 35.5. The molecule has 1 aliphatic carbocycles. The van der Waals surface area contributed by atoms with Crippen molar-refractivity contribution >= 4 is 28.9 Å². The van der Waals surface area contributed by atoms with E-state index in [9.17, 15) is 4.79 Å². The van der Waals surface area contributed by atoms with Gasteiger partial charge in [-0.3, -0.25) is 9.69 Å². The zero-order valence-electron chi connectivity index (χ0n) is 14.7. The number of halogens is 1. The molecule has 1 aromatic carbocycles. The minimum absolute atomic E-state index is 0.180. The quantitative estimate of drug-likeness (QED) is 0.818. The van der Waals surface area contributed by atoms with Crippen LogP contribution in [0.5, 0.6) is 0 Å². The van der Waals surface area contributed by atoms with Gasteiger partial charge in [0.25, 0.3) is 5.91 Å². The summed E-state index contributed by atoms with van der Waals surface area (Å²) in [4.78, 5) is 21.3. The van der Waals surface area contributed by atoms with E-state index in [0.717, 1.165) is 43.5 Å². The zero-order valence-corrected chi connectivity index (χ0v) is 15.5. The number of pyridine rings is 1. The first-order valence-electron chi connectivity index (χ1n) is 9.18. The van der Waals surface area contributed by atoms with Crippen LogP contribution in [0.25, 0.3) is 0 Å². The number of rotatable bonds is 5. The molecule has 2 aliphatic rings. The maximum atomic E-state index is 12.4. The molecule has 1 saturated heterocycles. The summed E-state index contributed by atoms with van der Waals surface area (Å²) in [6.07, 6.45) is 4.30.